The predicted octanol–water partition coefficient (Wildman–Crippen LogP) is 1.11. The second kappa shape index (κ2) is 3.03. The van der Waals surface area contributed by atoms with Gasteiger partial charge in [-0.15, -0.1) is 0 Å². The molecule has 3 nitrogen and oxygen atoms in total. The van der Waals surface area contributed by atoms with Crippen molar-refractivity contribution >= 4 is 17.5 Å². The van der Waals surface area contributed by atoms with Gasteiger partial charge in [-0.25, -0.2) is 4.79 Å². The van der Waals surface area contributed by atoms with E-state index in [0.29, 0.717) is 0 Å². The normalized spacial score (nSPS) is 29.9. The molecule has 0 radical (unpaired) electrons. The number of hydrogen-bond acceptors (Lipinski definition) is 3. The standard InChI is InChI=1S/C11H12O3/c1-10(2)8(13)4-5-11(3,6-7-12)9(10)14/h4-6H,1-3H3. The third-order valence-electron chi connectivity index (χ3n) is 2.61. The van der Waals surface area contributed by atoms with Gasteiger partial charge < -0.3 is 0 Å². The minimum Gasteiger partial charge on any atom is -0.297 e. The van der Waals surface area contributed by atoms with Crippen LogP contribution in [0.1, 0.15) is 20.8 Å². The van der Waals surface area contributed by atoms with Gasteiger partial charge in [-0.05, 0) is 26.8 Å². The van der Waals surface area contributed by atoms with Crippen molar-refractivity contribution in [2.45, 2.75) is 20.8 Å². The maximum atomic E-state index is 11.9. The van der Waals surface area contributed by atoms with Gasteiger partial charge >= 0.3 is 0 Å². The molecule has 1 atom stereocenters. The molecule has 0 saturated heterocycles. The van der Waals surface area contributed by atoms with Crippen LogP contribution in [-0.4, -0.2) is 17.5 Å². The van der Waals surface area contributed by atoms with Crippen LogP contribution in [0.2, 0.25) is 0 Å². The van der Waals surface area contributed by atoms with Crippen molar-refractivity contribution in [3.63, 3.8) is 0 Å². The second-order valence-corrected chi connectivity index (χ2v) is 4.20. The average Bonchev–Trinajstić information content (AvgIpc) is 2.11. The van der Waals surface area contributed by atoms with Crippen LogP contribution in [0.3, 0.4) is 0 Å². The first kappa shape index (κ1) is 10.6. The summed E-state index contributed by atoms with van der Waals surface area (Å²) in [5.74, 6) is 1.12. The van der Waals surface area contributed by atoms with E-state index in [1.54, 1.807) is 26.7 Å². The van der Waals surface area contributed by atoms with Crippen LogP contribution in [0.5, 0.6) is 0 Å². The van der Waals surface area contributed by atoms with Crippen LogP contribution >= 0.6 is 0 Å². The number of carbonyl (C=O) groups excluding carboxylic acids is 3. The van der Waals surface area contributed by atoms with Crippen molar-refractivity contribution in [2.75, 3.05) is 0 Å². The van der Waals surface area contributed by atoms with Crippen LogP contribution in [0.4, 0.5) is 0 Å². The molecule has 1 rings (SSSR count). The van der Waals surface area contributed by atoms with Gasteiger partial charge in [0.2, 0.25) is 0 Å². The van der Waals surface area contributed by atoms with Crippen LogP contribution in [0.25, 0.3) is 0 Å². The van der Waals surface area contributed by atoms with Gasteiger partial charge in [0, 0.05) is 6.08 Å². The fourth-order valence-electron chi connectivity index (χ4n) is 1.55. The Bertz CT molecular complexity index is 370. The SMILES string of the molecule is CC1(C=C=O)C=CC(=O)C(C)(C)C1=O. The van der Waals surface area contributed by atoms with Crippen LogP contribution in [0, 0.1) is 10.8 Å². The van der Waals surface area contributed by atoms with Crippen molar-refractivity contribution in [1.82, 2.24) is 0 Å². The number of allylic oxidation sites excluding steroid dienone is 3. The molecule has 1 unspecified atom stereocenters. The molecule has 0 heterocycles. The highest BCUT2D eigenvalue weighted by atomic mass is 16.2. The summed E-state index contributed by atoms with van der Waals surface area (Å²) in [7, 11) is 0. The molecule has 14 heavy (non-hydrogen) atoms. The molecule has 0 aliphatic heterocycles. The van der Waals surface area contributed by atoms with Crippen molar-refractivity contribution in [3.05, 3.63) is 18.2 Å². The predicted molar refractivity (Wildman–Crippen MR) is 51.3 cm³/mol. The Hall–Kier alpha value is -1.47. The monoisotopic (exact) mass is 192 g/mol. The minimum absolute atomic E-state index is 0.223. The summed E-state index contributed by atoms with van der Waals surface area (Å²) in [4.78, 5) is 33.5. The van der Waals surface area contributed by atoms with Gasteiger partial charge in [0.15, 0.2) is 11.6 Å². The van der Waals surface area contributed by atoms with E-state index in [2.05, 4.69) is 0 Å². The molecule has 0 fully saturated rings. The highest BCUT2D eigenvalue weighted by molar-refractivity contribution is 6.16. The lowest BCUT2D eigenvalue weighted by Gasteiger charge is -2.32. The topological polar surface area (TPSA) is 51.2 Å². The summed E-state index contributed by atoms with van der Waals surface area (Å²) < 4.78 is 0. The molecule has 1 aliphatic carbocycles. The maximum absolute atomic E-state index is 11.9. The molecule has 0 amide bonds. The van der Waals surface area contributed by atoms with Crippen molar-refractivity contribution in [3.8, 4) is 0 Å². The third-order valence-corrected chi connectivity index (χ3v) is 2.61. The molecule has 3 heteroatoms. The summed E-state index contributed by atoms with van der Waals surface area (Å²) in [6.45, 7) is 4.74. The molecule has 0 aromatic carbocycles. The Labute approximate surface area is 82.5 Å². The van der Waals surface area contributed by atoms with Gasteiger partial charge in [0.05, 0.1) is 10.8 Å². The highest BCUT2D eigenvalue weighted by Gasteiger charge is 2.46. The Morgan fingerprint density at radius 1 is 1.29 bits per heavy atom. The number of ketones is 2. The summed E-state index contributed by atoms with van der Waals surface area (Å²) in [5.41, 5.74) is -2.03. The lowest BCUT2D eigenvalue weighted by atomic mass is 9.66. The number of carbonyl (C=O) groups is 2. The Balaban J connectivity index is 3.30. The maximum Gasteiger partial charge on any atom is 0.168 e. The van der Waals surface area contributed by atoms with Gasteiger partial charge in [0.25, 0.3) is 0 Å². The van der Waals surface area contributed by atoms with Crippen molar-refractivity contribution in [1.29, 1.82) is 0 Å². The fraction of sp³-hybridized carbons (Fsp3) is 0.455. The molecule has 0 aromatic heterocycles. The molecular formula is C11H12O3. The summed E-state index contributed by atoms with van der Waals surface area (Å²) in [5, 5.41) is 0. The quantitative estimate of drug-likeness (QED) is 0.462. The number of hydrogen-bond donors (Lipinski definition) is 0. The molecule has 0 aromatic rings. The van der Waals surface area contributed by atoms with E-state index < -0.39 is 10.8 Å². The lowest BCUT2D eigenvalue weighted by Crippen LogP contribution is -2.44. The largest absolute Gasteiger partial charge is 0.297 e. The zero-order valence-electron chi connectivity index (χ0n) is 8.46. The number of Topliss-reactive ketones (excluding diaryl/α,β-unsaturated/α-hetero) is 1. The van der Waals surface area contributed by atoms with Gasteiger partial charge in [0.1, 0.15) is 5.94 Å². The summed E-state index contributed by atoms with van der Waals surface area (Å²) in [6.07, 6.45) is 3.96. The lowest BCUT2D eigenvalue weighted by molar-refractivity contribution is -0.140. The smallest absolute Gasteiger partial charge is 0.168 e. The van der Waals surface area contributed by atoms with E-state index in [9.17, 15) is 14.4 Å². The zero-order valence-corrected chi connectivity index (χ0v) is 8.46. The first-order valence-electron chi connectivity index (χ1n) is 4.35. The van der Waals surface area contributed by atoms with Gasteiger partial charge in [-0.3, -0.25) is 9.59 Å². The van der Waals surface area contributed by atoms with Gasteiger partial charge in [-0.2, -0.15) is 0 Å². The molecule has 0 bridgehead atoms. The molecule has 74 valence electrons. The molecule has 0 saturated carbocycles. The van der Waals surface area contributed by atoms with E-state index in [0.717, 1.165) is 6.08 Å². The zero-order chi connectivity index (χ0) is 11.0. The van der Waals surface area contributed by atoms with Crippen molar-refractivity contribution < 1.29 is 14.4 Å². The van der Waals surface area contributed by atoms with E-state index in [1.165, 1.54) is 12.2 Å². The summed E-state index contributed by atoms with van der Waals surface area (Å²) in [6, 6.07) is 0. The molecular weight excluding hydrogens is 180 g/mol. The minimum atomic E-state index is -1.04. The fourth-order valence-corrected chi connectivity index (χ4v) is 1.55. The van der Waals surface area contributed by atoms with E-state index in [-0.39, 0.29) is 11.6 Å². The van der Waals surface area contributed by atoms with Crippen molar-refractivity contribution in [2.24, 2.45) is 10.8 Å². The van der Waals surface area contributed by atoms with E-state index >= 15 is 0 Å². The second-order valence-electron chi connectivity index (χ2n) is 4.20. The first-order chi connectivity index (χ1) is 6.34. The summed E-state index contributed by atoms with van der Waals surface area (Å²) >= 11 is 0. The third kappa shape index (κ3) is 1.36. The van der Waals surface area contributed by atoms with Crippen LogP contribution in [0.15, 0.2) is 18.2 Å². The Morgan fingerprint density at radius 3 is 2.36 bits per heavy atom. The van der Waals surface area contributed by atoms with Crippen LogP contribution in [-0.2, 0) is 14.4 Å². The van der Waals surface area contributed by atoms with Gasteiger partial charge in [-0.1, -0.05) is 6.08 Å². The molecule has 1 aliphatic rings. The van der Waals surface area contributed by atoms with E-state index in [4.69, 9.17) is 0 Å². The molecule has 0 spiro atoms. The van der Waals surface area contributed by atoms with E-state index in [1.807, 2.05) is 0 Å². The van der Waals surface area contributed by atoms with Crippen LogP contribution < -0.4 is 0 Å². The number of rotatable bonds is 1. The Kier molecular flexibility index (Phi) is 2.30. The first-order valence-corrected chi connectivity index (χ1v) is 4.35. The molecule has 0 N–H and O–H groups in total. The Morgan fingerprint density at radius 2 is 1.86 bits per heavy atom. The highest BCUT2D eigenvalue weighted by Crippen LogP contribution is 2.36. The average molecular weight is 192 g/mol.